The molecule has 0 aliphatic carbocycles. The van der Waals surface area contributed by atoms with Crippen LogP contribution in [0.15, 0.2) is 4.99 Å². The van der Waals surface area contributed by atoms with Crippen LogP contribution >= 0.6 is 24.0 Å². The van der Waals surface area contributed by atoms with E-state index in [4.69, 9.17) is 4.99 Å². The van der Waals surface area contributed by atoms with Crippen LogP contribution in [0.5, 0.6) is 0 Å². The molecule has 2 fully saturated rings. The molecule has 3 unspecified atom stereocenters. The molecule has 2 bridgehead atoms. The van der Waals surface area contributed by atoms with E-state index in [1.165, 1.54) is 32.1 Å². The first-order chi connectivity index (χ1) is 11.7. The Balaban J connectivity index is 0.00000312. The third-order valence-electron chi connectivity index (χ3n) is 5.77. The highest BCUT2D eigenvalue weighted by Gasteiger charge is 2.36. The smallest absolute Gasteiger partial charge is 0.191 e. The lowest BCUT2D eigenvalue weighted by Gasteiger charge is -2.47. The molecule has 3 atom stereocenters. The van der Waals surface area contributed by atoms with Gasteiger partial charge in [-0.25, -0.2) is 0 Å². The summed E-state index contributed by atoms with van der Waals surface area (Å²) in [5.74, 6) is 1.46. The maximum atomic E-state index is 9.23. The fourth-order valence-electron chi connectivity index (χ4n) is 4.39. The van der Waals surface area contributed by atoms with E-state index in [1.54, 1.807) is 0 Å². The van der Waals surface area contributed by atoms with Crippen molar-refractivity contribution in [2.75, 3.05) is 26.7 Å². The van der Waals surface area contributed by atoms with Crippen LogP contribution in [0.3, 0.4) is 0 Å². The van der Waals surface area contributed by atoms with Gasteiger partial charge in [-0.3, -0.25) is 4.99 Å². The number of rotatable bonds is 8. The number of aliphatic hydroxyl groups excluding tert-OH is 1. The zero-order valence-corrected chi connectivity index (χ0v) is 18.7. The van der Waals surface area contributed by atoms with Gasteiger partial charge in [0.25, 0.3) is 0 Å². The van der Waals surface area contributed by atoms with Crippen molar-refractivity contribution >= 4 is 29.9 Å². The molecule has 6 heteroatoms. The molecule has 2 aliphatic heterocycles. The highest BCUT2D eigenvalue weighted by molar-refractivity contribution is 14.0. The third-order valence-corrected chi connectivity index (χ3v) is 5.77. The van der Waals surface area contributed by atoms with Gasteiger partial charge >= 0.3 is 0 Å². The summed E-state index contributed by atoms with van der Waals surface area (Å²) in [5.41, 5.74) is 0. The van der Waals surface area contributed by atoms with Gasteiger partial charge in [-0.05, 0) is 58.4 Å². The number of hydrogen-bond donors (Lipinski definition) is 3. The SMILES string of the molecule is CCCC(CCO)CN=C(NCC)NC1CC2CCCC(C1)N2C.I. The number of fused-ring (bicyclic) bond motifs is 2. The summed E-state index contributed by atoms with van der Waals surface area (Å²) in [5, 5.41) is 16.3. The molecule has 0 aromatic rings. The molecule has 3 N–H and O–H groups in total. The van der Waals surface area contributed by atoms with Crippen molar-refractivity contribution < 1.29 is 5.11 Å². The molecule has 148 valence electrons. The minimum Gasteiger partial charge on any atom is -0.396 e. The Kier molecular flexibility index (Phi) is 11.3. The zero-order chi connectivity index (χ0) is 17.4. The summed E-state index contributed by atoms with van der Waals surface area (Å²) in [4.78, 5) is 7.43. The van der Waals surface area contributed by atoms with Crippen LogP contribution in [-0.2, 0) is 0 Å². The van der Waals surface area contributed by atoms with Crippen LogP contribution in [0.1, 0.15) is 65.2 Å². The third kappa shape index (κ3) is 7.21. The number of halogens is 1. The lowest BCUT2D eigenvalue weighted by molar-refractivity contribution is 0.0526. The number of guanidine groups is 1. The minimum atomic E-state index is 0. The maximum absolute atomic E-state index is 9.23. The van der Waals surface area contributed by atoms with E-state index in [0.29, 0.717) is 12.0 Å². The van der Waals surface area contributed by atoms with E-state index in [2.05, 4.69) is 36.4 Å². The van der Waals surface area contributed by atoms with Crippen LogP contribution in [-0.4, -0.2) is 60.8 Å². The fourth-order valence-corrected chi connectivity index (χ4v) is 4.39. The highest BCUT2D eigenvalue weighted by Crippen LogP contribution is 2.32. The number of nitrogens with one attached hydrogen (secondary N) is 2. The van der Waals surface area contributed by atoms with Gasteiger partial charge in [-0.15, -0.1) is 24.0 Å². The van der Waals surface area contributed by atoms with Crippen LogP contribution in [0.2, 0.25) is 0 Å². The van der Waals surface area contributed by atoms with Crippen LogP contribution in [0, 0.1) is 5.92 Å². The Labute approximate surface area is 171 Å². The van der Waals surface area contributed by atoms with Crippen molar-refractivity contribution in [2.45, 2.75) is 83.3 Å². The molecule has 0 amide bonds. The normalized spacial score (nSPS) is 28.2. The first-order valence-corrected chi connectivity index (χ1v) is 10.1. The molecule has 2 aliphatic rings. The molecule has 0 spiro atoms. The number of nitrogens with zero attached hydrogens (tertiary/aromatic N) is 2. The van der Waals surface area contributed by atoms with Crippen LogP contribution < -0.4 is 10.6 Å². The second kappa shape index (κ2) is 12.3. The van der Waals surface area contributed by atoms with E-state index >= 15 is 0 Å². The van der Waals surface area contributed by atoms with Gasteiger partial charge < -0.3 is 20.6 Å². The number of aliphatic imine (C=N–C) groups is 1. The maximum Gasteiger partial charge on any atom is 0.191 e. The first kappa shape index (κ1) is 23.0. The topological polar surface area (TPSA) is 59.9 Å². The summed E-state index contributed by atoms with van der Waals surface area (Å²) in [7, 11) is 2.30. The summed E-state index contributed by atoms with van der Waals surface area (Å²) >= 11 is 0. The summed E-state index contributed by atoms with van der Waals surface area (Å²) in [6.45, 7) is 6.29. The van der Waals surface area contributed by atoms with E-state index in [0.717, 1.165) is 50.4 Å². The molecule has 0 aromatic carbocycles. The second-order valence-corrected chi connectivity index (χ2v) is 7.60. The summed E-state index contributed by atoms with van der Waals surface area (Å²) < 4.78 is 0. The number of aliphatic hydroxyl groups is 1. The van der Waals surface area contributed by atoms with Gasteiger partial charge in [0, 0.05) is 37.8 Å². The molecule has 2 saturated heterocycles. The van der Waals surface area contributed by atoms with Crippen molar-refractivity contribution in [3.05, 3.63) is 0 Å². The van der Waals surface area contributed by atoms with Gasteiger partial charge in [0.2, 0.25) is 0 Å². The molecule has 0 radical (unpaired) electrons. The molecule has 2 heterocycles. The van der Waals surface area contributed by atoms with E-state index in [9.17, 15) is 5.11 Å². The zero-order valence-electron chi connectivity index (χ0n) is 16.3. The molecule has 0 aromatic heterocycles. The molecule has 0 saturated carbocycles. The van der Waals surface area contributed by atoms with Crippen molar-refractivity contribution in [2.24, 2.45) is 10.9 Å². The monoisotopic (exact) mass is 466 g/mol. The quantitative estimate of drug-likeness (QED) is 0.293. The largest absolute Gasteiger partial charge is 0.396 e. The number of hydrogen-bond acceptors (Lipinski definition) is 3. The molecule has 2 rings (SSSR count). The standard InChI is InChI=1S/C19H38N4O.HI/c1-4-7-15(10-11-24)14-21-19(20-5-2)22-16-12-17-8-6-9-18(13-16)23(17)3;/h15-18,24H,4-14H2,1-3H3,(H2,20,21,22);1H. The minimum absolute atomic E-state index is 0. The lowest BCUT2D eigenvalue weighted by Crippen LogP contribution is -2.56. The summed E-state index contributed by atoms with van der Waals surface area (Å²) in [6.07, 6.45) is 9.68. The molecule has 5 nitrogen and oxygen atoms in total. The average Bonchev–Trinajstić information content (AvgIpc) is 2.54. The van der Waals surface area contributed by atoms with Crippen LogP contribution in [0.4, 0.5) is 0 Å². The molecular weight excluding hydrogens is 427 g/mol. The Hall–Kier alpha value is -0.0800. The average molecular weight is 466 g/mol. The Morgan fingerprint density at radius 1 is 1.20 bits per heavy atom. The predicted octanol–water partition coefficient (Wildman–Crippen LogP) is 2.97. The summed E-state index contributed by atoms with van der Waals surface area (Å²) in [6, 6.07) is 2.01. The van der Waals surface area contributed by atoms with Gasteiger partial charge in [0.1, 0.15) is 0 Å². The van der Waals surface area contributed by atoms with Crippen molar-refractivity contribution in [1.82, 2.24) is 15.5 Å². The Bertz CT molecular complexity index is 374. The predicted molar refractivity (Wildman–Crippen MR) is 117 cm³/mol. The lowest BCUT2D eigenvalue weighted by atomic mass is 9.82. The Morgan fingerprint density at radius 2 is 1.88 bits per heavy atom. The van der Waals surface area contributed by atoms with E-state index < -0.39 is 0 Å². The van der Waals surface area contributed by atoms with E-state index in [-0.39, 0.29) is 30.6 Å². The Morgan fingerprint density at radius 3 is 2.44 bits per heavy atom. The second-order valence-electron chi connectivity index (χ2n) is 7.60. The van der Waals surface area contributed by atoms with Crippen molar-refractivity contribution in [1.29, 1.82) is 0 Å². The van der Waals surface area contributed by atoms with Gasteiger partial charge in [-0.1, -0.05) is 19.8 Å². The molecule has 25 heavy (non-hydrogen) atoms. The van der Waals surface area contributed by atoms with Gasteiger partial charge in [-0.2, -0.15) is 0 Å². The molecular formula is C19H39IN4O. The van der Waals surface area contributed by atoms with Crippen LogP contribution in [0.25, 0.3) is 0 Å². The van der Waals surface area contributed by atoms with Crippen molar-refractivity contribution in [3.8, 4) is 0 Å². The highest BCUT2D eigenvalue weighted by atomic mass is 127. The van der Waals surface area contributed by atoms with E-state index in [1.807, 2.05) is 0 Å². The van der Waals surface area contributed by atoms with Gasteiger partial charge in [0.15, 0.2) is 5.96 Å². The number of piperidine rings is 2. The van der Waals surface area contributed by atoms with Gasteiger partial charge in [0.05, 0.1) is 0 Å². The fraction of sp³-hybridized carbons (Fsp3) is 0.947. The van der Waals surface area contributed by atoms with Crippen molar-refractivity contribution in [3.63, 3.8) is 0 Å². The first-order valence-electron chi connectivity index (χ1n) is 10.1.